The molecule has 0 spiro atoms. The predicted octanol–water partition coefficient (Wildman–Crippen LogP) is 2.72. The third kappa shape index (κ3) is 5.92. The third-order valence-electron chi connectivity index (χ3n) is 5.86. The largest absolute Gasteiger partial charge is 0.493 e. The van der Waals surface area contributed by atoms with Crippen LogP contribution < -0.4 is 20.1 Å². The summed E-state index contributed by atoms with van der Waals surface area (Å²) in [6.45, 7) is 4.67. The van der Waals surface area contributed by atoms with Crippen molar-refractivity contribution >= 4 is 17.6 Å². The lowest BCUT2D eigenvalue weighted by molar-refractivity contribution is 0.0934. The van der Waals surface area contributed by atoms with Crippen molar-refractivity contribution in [3.05, 3.63) is 58.7 Å². The molecule has 2 unspecified atom stereocenters. The maximum atomic E-state index is 12.7. The van der Waals surface area contributed by atoms with E-state index in [1.807, 2.05) is 57.1 Å². The summed E-state index contributed by atoms with van der Waals surface area (Å²) in [6, 6.07) is 10.6. The van der Waals surface area contributed by atoms with E-state index in [9.17, 15) is 9.59 Å². The van der Waals surface area contributed by atoms with Crippen LogP contribution in [-0.2, 0) is 6.42 Å². The molecule has 2 aromatic carbocycles. The number of hydrazone groups is 1. The summed E-state index contributed by atoms with van der Waals surface area (Å²) in [6.07, 6.45) is 0.584. The van der Waals surface area contributed by atoms with Crippen LogP contribution >= 0.6 is 0 Å². The van der Waals surface area contributed by atoms with E-state index in [0.717, 1.165) is 23.2 Å². The average Bonchev–Trinajstić information content (AvgIpc) is 2.97. The fraction of sp³-hybridized carbons (Fsp3) is 0.423. The van der Waals surface area contributed by atoms with Gasteiger partial charge in [0.2, 0.25) is 0 Å². The summed E-state index contributed by atoms with van der Waals surface area (Å²) in [7, 11) is 8.70. The van der Waals surface area contributed by atoms with Gasteiger partial charge in [0.15, 0.2) is 11.5 Å². The smallest absolute Gasteiger partial charge is 0.337 e. The zero-order valence-electron chi connectivity index (χ0n) is 21.5. The number of fused-ring (bicyclic) bond motifs is 1. The molecule has 35 heavy (non-hydrogen) atoms. The summed E-state index contributed by atoms with van der Waals surface area (Å²) in [4.78, 5) is 27.4. The van der Waals surface area contributed by atoms with Crippen molar-refractivity contribution in [1.82, 2.24) is 20.5 Å². The standard InChI is InChI=1S/C26H35N5O4/c1-16(15-30(4)5)28-25(32)19-10-8-18(9-11-19)24-21-14-23(35-7)22(34-6)13-20(21)12-17(2)31(29-24)26(33)27-3/h8-11,13-14,16-17H,12,15H2,1-7H3,(H,27,33)(H,28,32). The molecule has 0 bridgehead atoms. The van der Waals surface area contributed by atoms with E-state index in [1.165, 1.54) is 5.01 Å². The average molecular weight is 482 g/mol. The molecule has 9 nitrogen and oxygen atoms in total. The van der Waals surface area contributed by atoms with Crippen LogP contribution in [0.5, 0.6) is 11.5 Å². The molecular weight excluding hydrogens is 446 g/mol. The molecule has 0 saturated carbocycles. The van der Waals surface area contributed by atoms with Crippen molar-refractivity contribution in [3.8, 4) is 11.5 Å². The summed E-state index contributed by atoms with van der Waals surface area (Å²) < 4.78 is 11.0. The Morgan fingerprint density at radius 3 is 2.34 bits per heavy atom. The molecule has 2 aromatic rings. The molecule has 0 aromatic heterocycles. The molecule has 1 aliphatic rings. The van der Waals surface area contributed by atoms with E-state index < -0.39 is 0 Å². The SMILES string of the molecule is CNC(=O)N1N=C(c2ccc(C(=O)NC(C)CN(C)C)cc2)c2cc(OC)c(OC)cc2CC1C. The number of hydrogen-bond donors (Lipinski definition) is 2. The molecule has 3 rings (SSSR count). The third-order valence-corrected chi connectivity index (χ3v) is 5.86. The number of nitrogens with one attached hydrogen (secondary N) is 2. The monoisotopic (exact) mass is 481 g/mol. The number of benzene rings is 2. The molecule has 188 valence electrons. The lowest BCUT2D eigenvalue weighted by Crippen LogP contribution is -2.41. The Morgan fingerprint density at radius 2 is 1.77 bits per heavy atom. The van der Waals surface area contributed by atoms with Crippen molar-refractivity contribution in [2.45, 2.75) is 32.4 Å². The second-order valence-electron chi connectivity index (χ2n) is 8.98. The molecule has 0 radical (unpaired) electrons. The van der Waals surface area contributed by atoms with Gasteiger partial charge in [0.25, 0.3) is 5.91 Å². The lowest BCUT2D eigenvalue weighted by atomic mass is 9.93. The number of amides is 3. The Balaban J connectivity index is 2.03. The highest BCUT2D eigenvalue weighted by Gasteiger charge is 2.28. The van der Waals surface area contributed by atoms with Gasteiger partial charge < -0.3 is 25.0 Å². The van der Waals surface area contributed by atoms with Gasteiger partial charge in [0.1, 0.15) is 0 Å². The quantitative estimate of drug-likeness (QED) is 0.634. The molecule has 0 fully saturated rings. The van der Waals surface area contributed by atoms with E-state index in [0.29, 0.717) is 29.2 Å². The number of urea groups is 1. The second-order valence-corrected chi connectivity index (χ2v) is 8.98. The number of hydrogen-bond acceptors (Lipinski definition) is 6. The highest BCUT2D eigenvalue weighted by Crippen LogP contribution is 2.34. The van der Waals surface area contributed by atoms with Crippen LogP contribution in [0.3, 0.4) is 0 Å². The van der Waals surface area contributed by atoms with Crippen LogP contribution in [0.15, 0.2) is 41.5 Å². The van der Waals surface area contributed by atoms with Crippen LogP contribution in [0.1, 0.15) is 40.9 Å². The number of carbonyl (C=O) groups excluding carboxylic acids is 2. The molecular formula is C26H35N5O4. The van der Waals surface area contributed by atoms with Gasteiger partial charge in [-0.15, -0.1) is 0 Å². The van der Waals surface area contributed by atoms with Gasteiger partial charge in [0.05, 0.1) is 26.0 Å². The van der Waals surface area contributed by atoms with Crippen LogP contribution in [0.2, 0.25) is 0 Å². The fourth-order valence-electron chi connectivity index (χ4n) is 4.23. The van der Waals surface area contributed by atoms with Gasteiger partial charge >= 0.3 is 6.03 Å². The molecule has 2 atom stereocenters. The van der Waals surface area contributed by atoms with Crippen LogP contribution in [-0.4, -0.2) is 81.5 Å². The maximum absolute atomic E-state index is 12.7. The number of rotatable bonds is 7. The van der Waals surface area contributed by atoms with E-state index >= 15 is 0 Å². The summed E-state index contributed by atoms with van der Waals surface area (Å²) in [5.74, 6) is 1.05. The number of likely N-dealkylation sites (N-methyl/N-ethyl adjacent to an activating group) is 1. The van der Waals surface area contributed by atoms with Gasteiger partial charge in [0, 0.05) is 36.3 Å². The Hall–Kier alpha value is -3.59. The van der Waals surface area contributed by atoms with Crippen molar-refractivity contribution in [1.29, 1.82) is 0 Å². The minimum Gasteiger partial charge on any atom is -0.493 e. The van der Waals surface area contributed by atoms with Crippen molar-refractivity contribution in [3.63, 3.8) is 0 Å². The zero-order chi connectivity index (χ0) is 25.7. The van der Waals surface area contributed by atoms with Gasteiger partial charge in [-0.25, -0.2) is 9.80 Å². The van der Waals surface area contributed by atoms with Crippen molar-refractivity contribution < 1.29 is 19.1 Å². The van der Waals surface area contributed by atoms with Crippen molar-refractivity contribution in [2.75, 3.05) is 41.9 Å². The molecule has 1 aliphatic heterocycles. The number of methoxy groups -OCH3 is 2. The van der Waals surface area contributed by atoms with Gasteiger partial charge in [-0.1, -0.05) is 12.1 Å². The van der Waals surface area contributed by atoms with Crippen LogP contribution in [0, 0.1) is 0 Å². The van der Waals surface area contributed by atoms with Crippen LogP contribution in [0.4, 0.5) is 4.79 Å². The Bertz CT molecular complexity index is 1100. The van der Waals surface area contributed by atoms with E-state index in [1.54, 1.807) is 33.4 Å². The minimum absolute atomic E-state index is 0.0142. The van der Waals surface area contributed by atoms with Crippen molar-refractivity contribution in [2.24, 2.45) is 5.10 Å². The predicted molar refractivity (Wildman–Crippen MR) is 137 cm³/mol. The van der Waals surface area contributed by atoms with Gasteiger partial charge in [-0.05, 0) is 64.2 Å². The highest BCUT2D eigenvalue weighted by molar-refractivity contribution is 6.15. The Morgan fingerprint density at radius 1 is 1.14 bits per heavy atom. The topological polar surface area (TPSA) is 95.5 Å². The summed E-state index contributed by atoms with van der Waals surface area (Å²) in [5, 5.41) is 11.9. The summed E-state index contributed by atoms with van der Waals surface area (Å²) >= 11 is 0. The maximum Gasteiger partial charge on any atom is 0.337 e. The summed E-state index contributed by atoms with van der Waals surface area (Å²) in [5.41, 5.74) is 3.77. The van der Waals surface area contributed by atoms with Gasteiger partial charge in [-0.2, -0.15) is 5.10 Å². The fourth-order valence-corrected chi connectivity index (χ4v) is 4.23. The number of ether oxygens (including phenoxy) is 2. The normalized spacial score (nSPS) is 16.1. The highest BCUT2D eigenvalue weighted by atomic mass is 16.5. The Kier molecular flexibility index (Phi) is 8.34. The first-order valence-electron chi connectivity index (χ1n) is 11.6. The van der Waals surface area contributed by atoms with E-state index in [-0.39, 0.29) is 24.0 Å². The molecule has 9 heteroatoms. The lowest BCUT2D eigenvalue weighted by Gasteiger charge is -2.22. The first-order chi connectivity index (χ1) is 16.7. The Labute approximate surface area is 207 Å². The van der Waals surface area contributed by atoms with E-state index in [4.69, 9.17) is 14.6 Å². The first kappa shape index (κ1) is 26.0. The van der Waals surface area contributed by atoms with Gasteiger partial charge in [-0.3, -0.25) is 4.79 Å². The molecule has 3 amide bonds. The zero-order valence-corrected chi connectivity index (χ0v) is 21.5. The van der Waals surface area contributed by atoms with E-state index in [2.05, 4.69) is 10.6 Å². The number of nitrogens with zero attached hydrogens (tertiary/aromatic N) is 3. The number of carbonyl (C=O) groups is 2. The molecule has 2 N–H and O–H groups in total. The van der Waals surface area contributed by atoms with Crippen LogP contribution in [0.25, 0.3) is 0 Å². The minimum atomic E-state index is -0.299. The molecule has 0 saturated heterocycles. The first-order valence-corrected chi connectivity index (χ1v) is 11.6. The second kappa shape index (κ2) is 11.2. The molecule has 0 aliphatic carbocycles. The molecule has 1 heterocycles.